The van der Waals surface area contributed by atoms with E-state index in [1.807, 2.05) is 31.5 Å². The van der Waals surface area contributed by atoms with Crippen molar-refractivity contribution in [3.05, 3.63) is 39.3 Å². The maximum Gasteiger partial charge on any atom is 0.102 e. The molecule has 3 rings (SSSR count). The molecule has 0 bridgehead atoms. The highest BCUT2D eigenvalue weighted by Gasteiger charge is 2.26. The normalized spacial score (nSPS) is 18.5. The summed E-state index contributed by atoms with van der Waals surface area (Å²) in [4.78, 5) is 2.93. The van der Waals surface area contributed by atoms with Crippen LogP contribution < -0.4 is 5.32 Å². The number of aromatic nitrogens is 2. The van der Waals surface area contributed by atoms with Gasteiger partial charge in [0, 0.05) is 41.1 Å². The third-order valence-electron chi connectivity index (χ3n) is 4.27. The Kier molecular flexibility index (Phi) is 3.90. The van der Waals surface area contributed by atoms with E-state index in [0.717, 1.165) is 5.56 Å². The van der Waals surface area contributed by atoms with Crippen LogP contribution in [0.1, 0.15) is 47.2 Å². The Labute approximate surface area is 129 Å². The van der Waals surface area contributed by atoms with Crippen molar-refractivity contribution < 1.29 is 5.11 Å². The average Bonchev–Trinajstić information content (AvgIpc) is 3.10. The number of rotatable bonds is 5. The molecule has 114 valence electrons. The molecule has 0 radical (unpaired) electrons. The number of hydrogen-bond acceptors (Lipinski definition) is 4. The Morgan fingerprint density at radius 1 is 1.52 bits per heavy atom. The van der Waals surface area contributed by atoms with Crippen LogP contribution >= 0.6 is 11.3 Å². The van der Waals surface area contributed by atoms with Crippen LogP contribution in [-0.2, 0) is 25.5 Å². The molecule has 0 saturated carbocycles. The number of aliphatic hydroxyl groups is 1. The quantitative estimate of drug-likeness (QED) is 0.892. The van der Waals surface area contributed by atoms with Gasteiger partial charge in [-0.15, -0.1) is 11.3 Å². The predicted molar refractivity (Wildman–Crippen MR) is 85.5 cm³/mol. The van der Waals surface area contributed by atoms with Gasteiger partial charge in [-0.3, -0.25) is 4.68 Å². The Balaban J connectivity index is 1.63. The highest BCUT2D eigenvalue weighted by atomic mass is 32.1. The molecular weight excluding hydrogens is 282 g/mol. The van der Waals surface area contributed by atoms with E-state index in [-0.39, 0.29) is 6.04 Å². The van der Waals surface area contributed by atoms with Gasteiger partial charge in [0.15, 0.2) is 0 Å². The number of thiophene rings is 1. The van der Waals surface area contributed by atoms with E-state index >= 15 is 0 Å². The first kappa shape index (κ1) is 14.8. The molecule has 0 saturated heterocycles. The zero-order chi connectivity index (χ0) is 15.0. The van der Waals surface area contributed by atoms with Gasteiger partial charge in [0.05, 0.1) is 6.20 Å². The molecule has 0 spiro atoms. The van der Waals surface area contributed by atoms with Crippen LogP contribution in [0.15, 0.2) is 18.5 Å². The van der Waals surface area contributed by atoms with Crippen LogP contribution in [0.3, 0.4) is 0 Å². The third kappa shape index (κ3) is 3.05. The van der Waals surface area contributed by atoms with Gasteiger partial charge in [-0.25, -0.2) is 0 Å². The van der Waals surface area contributed by atoms with Crippen molar-refractivity contribution >= 4 is 11.3 Å². The van der Waals surface area contributed by atoms with Crippen LogP contribution in [0, 0.1) is 0 Å². The van der Waals surface area contributed by atoms with Gasteiger partial charge in [0.25, 0.3) is 0 Å². The first-order valence-corrected chi connectivity index (χ1v) is 8.34. The molecule has 5 heteroatoms. The van der Waals surface area contributed by atoms with Gasteiger partial charge in [-0.1, -0.05) is 0 Å². The van der Waals surface area contributed by atoms with Gasteiger partial charge in [-0.05, 0) is 44.7 Å². The average molecular weight is 305 g/mol. The van der Waals surface area contributed by atoms with Crippen molar-refractivity contribution in [3.63, 3.8) is 0 Å². The third-order valence-corrected chi connectivity index (χ3v) is 5.69. The minimum absolute atomic E-state index is 0.267. The summed E-state index contributed by atoms with van der Waals surface area (Å²) in [5.41, 5.74) is 1.48. The molecular formula is C16H23N3OS. The van der Waals surface area contributed by atoms with Crippen LogP contribution in [0.25, 0.3) is 0 Å². The van der Waals surface area contributed by atoms with Crippen molar-refractivity contribution in [1.82, 2.24) is 15.1 Å². The smallest absolute Gasteiger partial charge is 0.102 e. The lowest BCUT2D eigenvalue weighted by Gasteiger charge is -2.24. The van der Waals surface area contributed by atoms with Crippen molar-refractivity contribution in [3.8, 4) is 0 Å². The summed E-state index contributed by atoms with van der Waals surface area (Å²) in [7, 11) is 1.86. The minimum atomic E-state index is -0.900. The van der Waals surface area contributed by atoms with Crippen molar-refractivity contribution in [2.24, 2.45) is 7.05 Å². The van der Waals surface area contributed by atoms with Crippen molar-refractivity contribution in [2.45, 2.75) is 44.8 Å². The second kappa shape index (κ2) is 5.55. The van der Waals surface area contributed by atoms with E-state index in [9.17, 15) is 5.11 Å². The highest BCUT2D eigenvalue weighted by Crippen LogP contribution is 2.33. The summed E-state index contributed by atoms with van der Waals surface area (Å²) in [5, 5.41) is 18.2. The minimum Gasteiger partial charge on any atom is -0.384 e. The zero-order valence-electron chi connectivity index (χ0n) is 12.9. The molecule has 2 aromatic rings. The Morgan fingerprint density at radius 3 is 3.00 bits per heavy atom. The molecule has 0 fully saturated rings. The van der Waals surface area contributed by atoms with Gasteiger partial charge >= 0.3 is 0 Å². The number of fused-ring (bicyclic) bond motifs is 1. The van der Waals surface area contributed by atoms with E-state index in [2.05, 4.69) is 23.4 Å². The Morgan fingerprint density at radius 2 is 2.33 bits per heavy atom. The van der Waals surface area contributed by atoms with E-state index in [1.165, 1.54) is 29.7 Å². The zero-order valence-corrected chi connectivity index (χ0v) is 13.7. The molecule has 2 aromatic heterocycles. The van der Waals surface area contributed by atoms with E-state index in [0.29, 0.717) is 6.54 Å². The lowest BCUT2D eigenvalue weighted by atomic mass is 9.99. The molecule has 0 aromatic carbocycles. The highest BCUT2D eigenvalue weighted by molar-refractivity contribution is 7.12. The Bertz CT molecular complexity index is 608. The SMILES string of the molecule is CC(NCC(C)(O)c1cnn(C)c1)c1cc2c(s1)CCC2. The van der Waals surface area contributed by atoms with Crippen molar-refractivity contribution in [1.29, 1.82) is 0 Å². The van der Waals surface area contributed by atoms with Crippen molar-refractivity contribution in [2.75, 3.05) is 6.54 Å². The van der Waals surface area contributed by atoms with E-state index in [4.69, 9.17) is 0 Å². The van der Waals surface area contributed by atoms with Crippen LogP contribution in [0.2, 0.25) is 0 Å². The number of hydrogen-bond donors (Lipinski definition) is 2. The topological polar surface area (TPSA) is 50.1 Å². The number of nitrogens with zero attached hydrogens (tertiary/aromatic N) is 2. The summed E-state index contributed by atoms with van der Waals surface area (Å²) < 4.78 is 1.72. The summed E-state index contributed by atoms with van der Waals surface area (Å²) in [6, 6.07) is 2.60. The van der Waals surface area contributed by atoms with Crippen LogP contribution in [0.5, 0.6) is 0 Å². The maximum atomic E-state index is 10.6. The fraction of sp³-hybridized carbons (Fsp3) is 0.562. The fourth-order valence-corrected chi connectivity index (χ4v) is 4.10. The molecule has 0 amide bonds. The second-order valence-electron chi connectivity index (χ2n) is 6.23. The molecule has 0 aliphatic heterocycles. The number of nitrogens with one attached hydrogen (secondary N) is 1. The molecule has 1 aliphatic carbocycles. The molecule has 1 aliphatic rings. The molecule has 21 heavy (non-hydrogen) atoms. The molecule has 2 heterocycles. The summed E-state index contributed by atoms with van der Waals surface area (Å²) in [5.74, 6) is 0. The van der Waals surface area contributed by atoms with Gasteiger partial charge in [-0.2, -0.15) is 5.10 Å². The monoisotopic (exact) mass is 305 g/mol. The lowest BCUT2D eigenvalue weighted by Crippen LogP contribution is -2.36. The molecule has 2 N–H and O–H groups in total. The van der Waals surface area contributed by atoms with E-state index < -0.39 is 5.60 Å². The lowest BCUT2D eigenvalue weighted by molar-refractivity contribution is 0.0544. The van der Waals surface area contributed by atoms with Gasteiger partial charge < -0.3 is 10.4 Å². The summed E-state index contributed by atoms with van der Waals surface area (Å²) >= 11 is 1.92. The molecule has 4 nitrogen and oxygen atoms in total. The van der Waals surface area contributed by atoms with E-state index in [1.54, 1.807) is 15.8 Å². The first-order valence-electron chi connectivity index (χ1n) is 7.52. The first-order chi connectivity index (χ1) is 9.95. The Hall–Kier alpha value is -1.17. The van der Waals surface area contributed by atoms with Crippen LogP contribution in [0.4, 0.5) is 0 Å². The van der Waals surface area contributed by atoms with Gasteiger partial charge in [0.2, 0.25) is 0 Å². The maximum absolute atomic E-state index is 10.6. The molecule has 2 atom stereocenters. The summed E-state index contributed by atoms with van der Waals surface area (Å²) in [6.07, 6.45) is 7.36. The number of aryl methyl sites for hydroxylation is 3. The van der Waals surface area contributed by atoms with Gasteiger partial charge in [0.1, 0.15) is 5.60 Å². The fourth-order valence-electron chi connectivity index (χ4n) is 2.82. The standard InChI is InChI=1S/C16H23N3OS/c1-11(15-7-12-5-4-6-14(12)21-15)17-10-16(2,20)13-8-18-19(3)9-13/h7-9,11,17,20H,4-6,10H2,1-3H3. The largest absolute Gasteiger partial charge is 0.384 e. The van der Waals surface area contributed by atoms with Crippen LogP contribution in [-0.4, -0.2) is 21.4 Å². The predicted octanol–water partition coefficient (Wildman–Crippen LogP) is 2.53. The summed E-state index contributed by atoms with van der Waals surface area (Å²) in [6.45, 7) is 4.51. The molecule has 2 unspecified atom stereocenters. The second-order valence-corrected chi connectivity index (χ2v) is 7.40.